The van der Waals surface area contributed by atoms with Crippen LogP contribution in [-0.2, 0) is 10.0 Å². The highest BCUT2D eigenvalue weighted by atomic mass is 32.2. The van der Waals surface area contributed by atoms with Crippen LogP contribution >= 0.6 is 0 Å². The average molecular weight is 305 g/mol. The number of sulfonamides is 1. The summed E-state index contributed by atoms with van der Waals surface area (Å²) in [6.45, 7) is 0.184. The number of pyridine rings is 1. The lowest BCUT2D eigenvalue weighted by atomic mass is 10.4. The molecule has 0 aliphatic heterocycles. The topological polar surface area (TPSA) is 104 Å². The van der Waals surface area contributed by atoms with E-state index in [9.17, 15) is 8.42 Å². The molecule has 2 aromatic heterocycles. The second kappa shape index (κ2) is 5.02. The molecule has 1 fully saturated rings. The Morgan fingerprint density at radius 2 is 2.24 bits per heavy atom. The number of nitriles is 1. The van der Waals surface area contributed by atoms with Gasteiger partial charge in [0.05, 0.1) is 6.07 Å². The van der Waals surface area contributed by atoms with Crippen LogP contribution in [0.5, 0.6) is 0 Å². The third-order valence-electron chi connectivity index (χ3n) is 3.46. The SMILES string of the molecule is N#CCCN(C1CC1)S(=O)(=O)c1c(N)nc2ccccn12. The summed E-state index contributed by atoms with van der Waals surface area (Å²) in [5, 5.41) is 8.72. The molecule has 0 aromatic carbocycles. The molecular formula is C13H15N5O2S. The van der Waals surface area contributed by atoms with Crippen molar-refractivity contribution in [3.05, 3.63) is 24.4 Å². The fourth-order valence-electron chi connectivity index (χ4n) is 2.38. The van der Waals surface area contributed by atoms with E-state index in [0.29, 0.717) is 5.65 Å². The highest BCUT2D eigenvalue weighted by Gasteiger charge is 2.40. The van der Waals surface area contributed by atoms with Gasteiger partial charge in [-0.15, -0.1) is 0 Å². The summed E-state index contributed by atoms with van der Waals surface area (Å²) in [6.07, 6.45) is 3.43. The van der Waals surface area contributed by atoms with Crippen LogP contribution in [0.4, 0.5) is 5.82 Å². The number of nitrogens with zero attached hydrogens (tertiary/aromatic N) is 4. The Hall–Kier alpha value is -2.11. The number of fused-ring (bicyclic) bond motifs is 1. The van der Waals surface area contributed by atoms with Crippen molar-refractivity contribution in [3.8, 4) is 6.07 Å². The van der Waals surface area contributed by atoms with Crippen molar-refractivity contribution in [2.24, 2.45) is 0 Å². The average Bonchev–Trinajstić information content (AvgIpc) is 3.20. The molecule has 0 atom stereocenters. The number of anilines is 1. The van der Waals surface area contributed by atoms with E-state index in [1.54, 1.807) is 24.4 Å². The van der Waals surface area contributed by atoms with Crippen LogP contribution in [0.25, 0.3) is 5.65 Å². The van der Waals surface area contributed by atoms with Gasteiger partial charge in [-0.2, -0.15) is 9.57 Å². The highest BCUT2D eigenvalue weighted by molar-refractivity contribution is 7.89. The maximum Gasteiger partial charge on any atom is 0.263 e. The molecule has 0 saturated heterocycles. The van der Waals surface area contributed by atoms with Gasteiger partial charge in [-0.3, -0.25) is 4.40 Å². The van der Waals surface area contributed by atoms with E-state index in [-0.39, 0.29) is 29.9 Å². The van der Waals surface area contributed by atoms with E-state index in [0.717, 1.165) is 12.8 Å². The molecule has 0 bridgehead atoms. The Morgan fingerprint density at radius 1 is 1.48 bits per heavy atom. The van der Waals surface area contributed by atoms with Crippen LogP contribution in [0, 0.1) is 11.3 Å². The highest BCUT2D eigenvalue weighted by Crippen LogP contribution is 2.34. The first-order valence-electron chi connectivity index (χ1n) is 6.67. The molecule has 2 aromatic rings. The number of nitrogen functional groups attached to an aromatic ring is 1. The van der Waals surface area contributed by atoms with E-state index in [1.165, 1.54) is 8.71 Å². The van der Waals surface area contributed by atoms with Gasteiger partial charge in [0.15, 0.2) is 10.8 Å². The number of rotatable bonds is 5. The van der Waals surface area contributed by atoms with Crippen molar-refractivity contribution >= 4 is 21.5 Å². The fourth-order valence-corrected chi connectivity index (χ4v) is 4.25. The van der Waals surface area contributed by atoms with Crippen molar-refractivity contribution in [1.82, 2.24) is 13.7 Å². The van der Waals surface area contributed by atoms with Gasteiger partial charge in [0.25, 0.3) is 10.0 Å². The first-order chi connectivity index (χ1) is 10.1. The number of aromatic nitrogens is 2. The molecule has 2 heterocycles. The summed E-state index contributed by atoms with van der Waals surface area (Å²) >= 11 is 0. The molecule has 0 amide bonds. The Bertz CT molecular complexity index is 817. The van der Waals surface area contributed by atoms with Crippen molar-refractivity contribution in [1.29, 1.82) is 5.26 Å². The molecule has 1 saturated carbocycles. The normalized spacial score (nSPS) is 15.4. The van der Waals surface area contributed by atoms with E-state index in [1.807, 2.05) is 6.07 Å². The molecule has 21 heavy (non-hydrogen) atoms. The van der Waals surface area contributed by atoms with Gasteiger partial charge in [-0.25, -0.2) is 13.4 Å². The molecule has 0 unspecified atom stereocenters. The van der Waals surface area contributed by atoms with Crippen LogP contribution in [0.3, 0.4) is 0 Å². The Labute approximate surface area is 122 Å². The van der Waals surface area contributed by atoms with E-state index >= 15 is 0 Å². The molecule has 1 aliphatic carbocycles. The van der Waals surface area contributed by atoms with Crippen LogP contribution in [0.15, 0.2) is 29.4 Å². The molecular weight excluding hydrogens is 290 g/mol. The largest absolute Gasteiger partial charge is 0.381 e. The first-order valence-corrected chi connectivity index (χ1v) is 8.11. The zero-order valence-corrected chi connectivity index (χ0v) is 12.1. The zero-order valence-electron chi connectivity index (χ0n) is 11.3. The zero-order chi connectivity index (χ0) is 15.0. The number of hydrogen-bond acceptors (Lipinski definition) is 5. The van der Waals surface area contributed by atoms with Crippen LogP contribution < -0.4 is 5.73 Å². The summed E-state index contributed by atoms with van der Waals surface area (Å²) in [5.41, 5.74) is 6.31. The molecule has 0 spiro atoms. The van der Waals surface area contributed by atoms with E-state index in [4.69, 9.17) is 11.0 Å². The second-order valence-electron chi connectivity index (χ2n) is 4.99. The predicted octanol–water partition coefficient (Wildman–Crippen LogP) is 0.983. The Morgan fingerprint density at radius 3 is 2.90 bits per heavy atom. The molecule has 1 aliphatic rings. The van der Waals surface area contributed by atoms with Gasteiger partial charge in [-0.1, -0.05) is 6.07 Å². The van der Waals surface area contributed by atoms with Gasteiger partial charge < -0.3 is 5.73 Å². The molecule has 0 radical (unpaired) electrons. The maximum atomic E-state index is 12.9. The van der Waals surface area contributed by atoms with E-state index < -0.39 is 10.0 Å². The third-order valence-corrected chi connectivity index (χ3v) is 5.46. The molecule has 2 N–H and O–H groups in total. The first kappa shape index (κ1) is 13.9. The van der Waals surface area contributed by atoms with Crippen LogP contribution in [0.2, 0.25) is 0 Å². The summed E-state index contributed by atoms with van der Waals surface area (Å²) in [4.78, 5) is 4.09. The van der Waals surface area contributed by atoms with Gasteiger partial charge in [0.2, 0.25) is 0 Å². The number of imidazole rings is 1. The second-order valence-corrected chi connectivity index (χ2v) is 6.79. The molecule has 8 heteroatoms. The summed E-state index contributed by atoms with van der Waals surface area (Å²) in [6, 6.07) is 7.16. The molecule has 3 rings (SSSR count). The monoisotopic (exact) mass is 305 g/mol. The van der Waals surface area contributed by atoms with Gasteiger partial charge in [0.1, 0.15) is 5.65 Å². The number of nitrogens with two attached hydrogens (primary N) is 1. The van der Waals surface area contributed by atoms with Crippen molar-refractivity contribution in [2.75, 3.05) is 12.3 Å². The van der Waals surface area contributed by atoms with Gasteiger partial charge >= 0.3 is 0 Å². The number of hydrogen-bond donors (Lipinski definition) is 1. The van der Waals surface area contributed by atoms with E-state index in [2.05, 4.69) is 4.98 Å². The van der Waals surface area contributed by atoms with Crippen molar-refractivity contribution in [2.45, 2.75) is 30.3 Å². The quantitative estimate of drug-likeness (QED) is 0.886. The lowest BCUT2D eigenvalue weighted by Gasteiger charge is -2.20. The summed E-state index contributed by atoms with van der Waals surface area (Å²) in [7, 11) is -3.77. The fraction of sp³-hybridized carbons (Fsp3) is 0.385. The van der Waals surface area contributed by atoms with Gasteiger partial charge in [0, 0.05) is 25.2 Å². The third kappa shape index (κ3) is 2.34. The predicted molar refractivity (Wildman–Crippen MR) is 76.7 cm³/mol. The molecule has 7 nitrogen and oxygen atoms in total. The minimum atomic E-state index is -3.77. The standard InChI is InChI=1S/C13H15N5O2S/c14-7-3-9-18(10-5-6-10)21(19,20)13-12(15)16-11-4-1-2-8-17(11)13/h1-2,4,8,10H,3,5-6,9,15H2. The Kier molecular flexibility index (Phi) is 3.31. The van der Waals surface area contributed by atoms with Gasteiger partial charge in [-0.05, 0) is 25.0 Å². The molecule has 110 valence electrons. The maximum absolute atomic E-state index is 12.9. The van der Waals surface area contributed by atoms with Crippen molar-refractivity contribution in [3.63, 3.8) is 0 Å². The minimum Gasteiger partial charge on any atom is -0.381 e. The lowest BCUT2D eigenvalue weighted by Crippen LogP contribution is -2.35. The summed E-state index contributed by atoms with van der Waals surface area (Å²) < 4.78 is 28.6. The van der Waals surface area contributed by atoms with Crippen LogP contribution in [0.1, 0.15) is 19.3 Å². The lowest BCUT2D eigenvalue weighted by molar-refractivity contribution is 0.408. The summed E-state index contributed by atoms with van der Waals surface area (Å²) in [5.74, 6) is -0.0104. The smallest absolute Gasteiger partial charge is 0.263 e. The minimum absolute atomic E-state index is 0.0104. The van der Waals surface area contributed by atoms with Crippen molar-refractivity contribution < 1.29 is 8.42 Å². The Balaban J connectivity index is 2.11. The van der Waals surface area contributed by atoms with Crippen LogP contribution in [-0.4, -0.2) is 34.7 Å².